The predicted molar refractivity (Wildman–Crippen MR) is 92.7 cm³/mol. The molecule has 0 bridgehead atoms. The Morgan fingerprint density at radius 2 is 2.00 bits per heavy atom. The second kappa shape index (κ2) is 8.19. The van der Waals surface area contributed by atoms with Gasteiger partial charge in [0.05, 0.1) is 17.4 Å². The Hall–Kier alpha value is -2.02. The Labute approximate surface area is 145 Å². The van der Waals surface area contributed by atoms with Crippen LogP contribution in [0, 0.1) is 5.92 Å². The molecule has 24 heavy (non-hydrogen) atoms. The van der Waals surface area contributed by atoms with E-state index in [4.69, 9.17) is 4.74 Å². The summed E-state index contributed by atoms with van der Waals surface area (Å²) in [6, 6.07) is 7.42. The van der Waals surface area contributed by atoms with Crippen molar-refractivity contribution in [3.05, 3.63) is 24.3 Å². The maximum absolute atomic E-state index is 12.0. The van der Waals surface area contributed by atoms with Crippen LogP contribution in [-0.2, 0) is 19.1 Å². The third kappa shape index (κ3) is 4.99. The second-order valence-corrected chi connectivity index (χ2v) is 7.30. The van der Waals surface area contributed by atoms with Gasteiger partial charge >= 0.3 is 5.97 Å². The van der Waals surface area contributed by atoms with Crippen molar-refractivity contribution in [3.63, 3.8) is 0 Å². The van der Waals surface area contributed by atoms with Crippen LogP contribution in [0.1, 0.15) is 27.2 Å². The first kappa shape index (κ1) is 18.3. The third-order valence-corrected chi connectivity index (χ3v) is 5.09. The van der Waals surface area contributed by atoms with Crippen LogP contribution in [0.25, 0.3) is 0 Å². The second-order valence-electron chi connectivity index (χ2n) is 6.06. The number of thioether (sulfide) groups is 1. The Morgan fingerprint density at radius 1 is 1.29 bits per heavy atom. The molecular weight excluding hydrogens is 328 g/mol. The number of carbonyl (C=O) groups excluding carboxylic acids is 3. The Morgan fingerprint density at radius 3 is 2.71 bits per heavy atom. The topological polar surface area (TPSA) is 84.5 Å². The van der Waals surface area contributed by atoms with Crippen molar-refractivity contribution < 1.29 is 19.1 Å². The highest BCUT2D eigenvalue weighted by molar-refractivity contribution is 8.01. The lowest BCUT2D eigenvalue weighted by molar-refractivity contribution is -0.149. The van der Waals surface area contributed by atoms with Crippen molar-refractivity contribution in [2.75, 3.05) is 11.9 Å². The molecule has 0 saturated carbocycles. The van der Waals surface area contributed by atoms with Crippen LogP contribution in [0.15, 0.2) is 29.2 Å². The van der Waals surface area contributed by atoms with Gasteiger partial charge in [0.1, 0.15) is 0 Å². The number of para-hydroxylation sites is 1. The van der Waals surface area contributed by atoms with Crippen molar-refractivity contribution in [1.82, 2.24) is 5.32 Å². The largest absolute Gasteiger partial charge is 0.456 e. The molecule has 0 aliphatic carbocycles. The molecule has 1 aromatic carbocycles. The lowest BCUT2D eigenvalue weighted by Gasteiger charge is -2.23. The molecular formula is C17H22N2O4S. The van der Waals surface area contributed by atoms with E-state index in [0.717, 1.165) is 10.6 Å². The molecule has 130 valence electrons. The average Bonchev–Trinajstić information content (AvgIpc) is 2.53. The van der Waals surface area contributed by atoms with Crippen molar-refractivity contribution in [3.8, 4) is 0 Å². The van der Waals surface area contributed by atoms with Gasteiger partial charge in [-0.1, -0.05) is 26.0 Å². The molecule has 2 rings (SSSR count). The average molecular weight is 350 g/mol. The molecule has 1 aliphatic heterocycles. The van der Waals surface area contributed by atoms with E-state index in [1.165, 1.54) is 11.8 Å². The van der Waals surface area contributed by atoms with E-state index in [1.54, 1.807) is 0 Å². The number of fused-ring (bicyclic) bond motifs is 1. The van der Waals surface area contributed by atoms with E-state index in [-0.39, 0.29) is 30.9 Å². The predicted octanol–water partition coefficient (Wildman–Crippen LogP) is 2.19. The monoisotopic (exact) mass is 350 g/mol. The fourth-order valence-electron chi connectivity index (χ4n) is 2.05. The molecule has 2 amide bonds. The number of hydrogen-bond donors (Lipinski definition) is 2. The first-order valence-corrected chi connectivity index (χ1v) is 8.76. The molecule has 0 saturated heterocycles. The quantitative estimate of drug-likeness (QED) is 0.768. The highest BCUT2D eigenvalue weighted by Gasteiger charge is 2.29. The molecule has 1 aromatic rings. The number of benzene rings is 1. The number of nitrogens with one attached hydrogen (secondary N) is 2. The zero-order valence-electron chi connectivity index (χ0n) is 14.0. The summed E-state index contributed by atoms with van der Waals surface area (Å²) < 4.78 is 4.98. The summed E-state index contributed by atoms with van der Waals surface area (Å²) in [5, 5.41) is 4.98. The van der Waals surface area contributed by atoms with E-state index in [9.17, 15) is 14.4 Å². The van der Waals surface area contributed by atoms with Gasteiger partial charge in [-0.05, 0) is 25.0 Å². The molecule has 2 N–H and O–H groups in total. The fraction of sp³-hybridized carbons (Fsp3) is 0.471. The summed E-state index contributed by atoms with van der Waals surface area (Å²) in [7, 11) is 0. The fourth-order valence-corrected chi connectivity index (χ4v) is 3.14. The first-order chi connectivity index (χ1) is 11.4. The van der Waals surface area contributed by atoms with Crippen LogP contribution in [0.3, 0.4) is 0 Å². The summed E-state index contributed by atoms with van der Waals surface area (Å²) in [6.45, 7) is 5.55. The molecule has 1 aliphatic rings. The summed E-state index contributed by atoms with van der Waals surface area (Å²) in [6.07, 6.45) is -0.0716. The van der Waals surface area contributed by atoms with Crippen molar-refractivity contribution in [1.29, 1.82) is 0 Å². The summed E-state index contributed by atoms with van der Waals surface area (Å²) >= 11 is 1.33. The number of anilines is 1. The Bertz CT molecular complexity index is 633. The van der Waals surface area contributed by atoms with Crippen molar-refractivity contribution in [2.45, 2.75) is 43.4 Å². The Kier molecular flexibility index (Phi) is 6.25. The van der Waals surface area contributed by atoms with Gasteiger partial charge in [0.25, 0.3) is 5.91 Å². The van der Waals surface area contributed by atoms with E-state index < -0.39 is 11.2 Å². The summed E-state index contributed by atoms with van der Waals surface area (Å²) in [5.74, 6) is -0.828. The summed E-state index contributed by atoms with van der Waals surface area (Å²) in [4.78, 5) is 36.6. The maximum Gasteiger partial charge on any atom is 0.307 e. The lowest BCUT2D eigenvalue weighted by Crippen LogP contribution is -2.39. The number of ether oxygens (including phenoxy) is 1. The summed E-state index contributed by atoms with van der Waals surface area (Å²) in [5.41, 5.74) is 0.749. The standard InChI is InChI=1S/C17H22N2O4S/c1-10(2)11(3)18-15(20)9-23-16(21)8-14-17(22)19-12-6-4-5-7-13(12)24-14/h4-7,10-11,14H,8-9H2,1-3H3,(H,18,20)(H,19,22)/t11-,14+/m0/s1. The highest BCUT2D eigenvalue weighted by Crippen LogP contribution is 2.36. The number of esters is 1. The minimum absolute atomic E-state index is 0.00683. The third-order valence-electron chi connectivity index (χ3n) is 3.81. The van der Waals surface area contributed by atoms with Crippen LogP contribution in [-0.4, -0.2) is 35.7 Å². The molecule has 1 heterocycles. The SMILES string of the molecule is CC(C)[C@H](C)NC(=O)COC(=O)C[C@H]1Sc2ccccc2NC1=O. The van der Waals surface area contributed by atoms with Crippen LogP contribution in [0.4, 0.5) is 5.69 Å². The van der Waals surface area contributed by atoms with Crippen molar-refractivity contribution >= 4 is 35.2 Å². The molecule has 2 atom stereocenters. The number of hydrogen-bond acceptors (Lipinski definition) is 5. The van der Waals surface area contributed by atoms with Crippen LogP contribution in [0.2, 0.25) is 0 Å². The van der Waals surface area contributed by atoms with Gasteiger partial charge in [-0.2, -0.15) is 0 Å². The Balaban J connectivity index is 1.81. The van der Waals surface area contributed by atoms with E-state index >= 15 is 0 Å². The minimum Gasteiger partial charge on any atom is -0.456 e. The minimum atomic E-state index is -0.561. The van der Waals surface area contributed by atoms with Gasteiger partial charge in [-0.15, -0.1) is 11.8 Å². The molecule has 0 spiro atoms. The zero-order chi connectivity index (χ0) is 17.7. The smallest absolute Gasteiger partial charge is 0.307 e. The number of rotatable bonds is 6. The molecule has 0 fully saturated rings. The first-order valence-electron chi connectivity index (χ1n) is 7.88. The van der Waals surface area contributed by atoms with Gasteiger partial charge in [0.15, 0.2) is 6.61 Å². The van der Waals surface area contributed by atoms with E-state index in [2.05, 4.69) is 10.6 Å². The van der Waals surface area contributed by atoms with Crippen LogP contribution < -0.4 is 10.6 Å². The van der Waals surface area contributed by atoms with Gasteiger partial charge in [0.2, 0.25) is 5.91 Å². The zero-order valence-corrected chi connectivity index (χ0v) is 14.8. The molecule has 0 unspecified atom stereocenters. The van der Waals surface area contributed by atoms with Crippen LogP contribution in [0.5, 0.6) is 0 Å². The number of carbonyl (C=O) groups is 3. The van der Waals surface area contributed by atoms with Gasteiger partial charge in [-0.25, -0.2) is 0 Å². The van der Waals surface area contributed by atoms with Gasteiger partial charge in [-0.3, -0.25) is 14.4 Å². The van der Waals surface area contributed by atoms with E-state index in [1.807, 2.05) is 45.0 Å². The molecule has 0 aromatic heterocycles. The maximum atomic E-state index is 12.0. The lowest BCUT2D eigenvalue weighted by atomic mass is 10.1. The normalized spacial score (nSPS) is 17.7. The van der Waals surface area contributed by atoms with Gasteiger partial charge < -0.3 is 15.4 Å². The van der Waals surface area contributed by atoms with Crippen LogP contribution >= 0.6 is 11.8 Å². The number of amides is 2. The molecule has 0 radical (unpaired) electrons. The van der Waals surface area contributed by atoms with Crippen molar-refractivity contribution in [2.24, 2.45) is 5.92 Å². The molecule has 7 heteroatoms. The molecule has 6 nitrogen and oxygen atoms in total. The highest BCUT2D eigenvalue weighted by atomic mass is 32.2. The van der Waals surface area contributed by atoms with E-state index in [0.29, 0.717) is 5.92 Å². The van der Waals surface area contributed by atoms with Gasteiger partial charge in [0, 0.05) is 10.9 Å².